The van der Waals surface area contributed by atoms with Crippen molar-refractivity contribution in [1.82, 2.24) is 9.97 Å². The molecule has 0 radical (unpaired) electrons. The van der Waals surface area contributed by atoms with Gasteiger partial charge in [-0.3, -0.25) is 4.98 Å². The first-order valence-corrected chi connectivity index (χ1v) is 12.7. The Kier molecular flexibility index (Phi) is 7.65. The Morgan fingerprint density at radius 1 is 1.05 bits per heavy atom. The fraction of sp³-hybridized carbons (Fsp3) is 0.125. The minimum absolute atomic E-state index is 0.0590. The predicted octanol–water partition coefficient (Wildman–Crippen LogP) is 6.48. The molecule has 3 aromatic carbocycles. The lowest BCUT2D eigenvalue weighted by molar-refractivity contribution is -0.137. The van der Waals surface area contributed by atoms with Crippen molar-refractivity contribution in [3.8, 4) is 34.2 Å². The number of hydrogen-bond donors (Lipinski definition) is 2. The molecule has 1 unspecified atom stereocenters. The number of fused-ring (bicyclic) bond motifs is 1. The summed E-state index contributed by atoms with van der Waals surface area (Å²) in [6.45, 7) is 2.47. The van der Waals surface area contributed by atoms with Gasteiger partial charge in [0.1, 0.15) is 29.2 Å². The maximum absolute atomic E-state index is 14.3. The molecule has 0 aliphatic rings. The molecule has 0 saturated heterocycles. The molecule has 0 amide bonds. The van der Waals surface area contributed by atoms with Crippen LogP contribution in [-0.2, 0) is 11.2 Å². The van der Waals surface area contributed by atoms with Crippen molar-refractivity contribution < 1.29 is 19.0 Å². The third-order valence-corrected chi connectivity index (χ3v) is 6.47. The number of carboxylic acid groups (broad SMARTS) is 1. The third kappa shape index (κ3) is 5.45. The zero-order valence-corrected chi connectivity index (χ0v) is 21.6. The van der Waals surface area contributed by atoms with Gasteiger partial charge in [-0.15, -0.1) is 0 Å². The summed E-state index contributed by atoms with van der Waals surface area (Å²) in [5.74, 6) is -0.891. The molecule has 2 aromatic heterocycles. The predicted molar refractivity (Wildman–Crippen MR) is 151 cm³/mol. The first-order chi connectivity index (χ1) is 19.5. The van der Waals surface area contributed by atoms with Crippen LogP contribution < -0.4 is 10.1 Å². The maximum atomic E-state index is 14.3. The van der Waals surface area contributed by atoms with Crippen LogP contribution >= 0.6 is 0 Å². The van der Waals surface area contributed by atoms with E-state index in [4.69, 9.17) is 4.74 Å². The topological polar surface area (TPSA) is 108 Å². The maximum Gasteiger partial charge on any atom is 0.326 e. The Morgan fingerprint density at radius 3 is 2.50 bits per heavy atom. The molecule has 0 aliphatic heterocycles. The Morgan fingerprint density at radius 2 is 1.80 bits per heavy atom. The molecule has 2 heterocycles. The van der Waals surface area contributed by atoms with Crippen molar-refractivity contribution >= 4 is 22.6 Å². The summed E-state index contributed by atoms with van der Waals surface area (Å²) in [7, 11) is 0. The lowest BCUT2D eigenvalue weighted by Gasteiger charge is -2.20. The fourth-order valence-electron chi connectivity index (χ4n) is 4.60. The van der Waals surface area contributed by atoms with Crippen LogP contribution in [0.15, 0.2) is 91.1 Å². The first-order valence-electron chi connectivity index (χ1n) is 12.7. The molecule has 0 aliphatic carbocycles. The van der Waals surface area contributed by atoms with Crippen LogP contribution in [-0.4, -0.2) is 33.7 Å². The smallest absolute Gasteiger partial charge is 0.326 e. The second-order valence-electron chi connectivity index (χ2n) is 9.05. The van der Waals surface area contributed by atoms with Crippen LogP contribution in [0.25, 0.3) is 33.3 Å². The SMILES string of the molecule is CCOc1ccccc1-c1ccc(-c2nc3ccc(F)cc3c(NC(Cc3ccccn3)C(=O)O)c2C#N)cc1. The summed E-state index contributed by atoms with van der Waals surface area (Å²) in [5, 5.41) is 23.6. The van der Waals surface area contributed by atoms with Crippen molar-refractivity contribution in [3.63, 3.8) is 0 Å². The van der Waals surface area contributed by atoms with Gasteiger partial charge in [-0.2, -0.15) is 5.26 Å². The minimum Gasteiger partial charge on any atom is -0.493 e. The molecule has 8 heteroatoms. The highest BCUT2D eigenvalue weighted by Crippen LogP contribution is 2.36. The number of pyridine rings is 2. The summed E-state index contributed by atoms with van der Waals surface area (Å²) >= 11 is 0. The van der Waals surface area contributed by atoms with E-state index in [1.54, 1.807) is 24.4 Å². The lowest BCUT2D eigenvalue weighted by Crippen LogP contribution is -2.32. The van der Waals surface area contributed by atoms with Crippen LogP contribution in [0, 0.1) is 17.1 Å². The van der Waals surface area contributed by atoms with Crippen LogP contribution in [0.2, 0.25) is 0 Å². The number of carbonyl (C=O) groups is 1. The van der Waals surface area contributed by atoms with E-state index in [0.717, 1.165) is 16.9 Å². The Labute approximate surface area is 230 Å². The molecular formula is C32H25FN4O3. The second-order valence-corrected chi connectivity index (χ2v) is 9.05. The summed E-state index contributed by atoms with van der Waals surface area (Å²) < 4.78 is 20.1. The monoisotopic (exact) mass is 532 g/mol. The molecule has 5 aromatic rings. The Hall–Kier alpha value is -5.29. The summed E-state index contributed by atoms with van der Waals surface area (Å²) in [5.41, 5.74) is 4.17. The summed E-state index contributed by atoms with van der Waals surface area (Å²) in [6.07, 6.45) is 1.64. The second kappa shape index (κ2) is 11.6. The van der Waals surface area contributed by atoms with E-state index >= 15 is 0 Å². The third-order valence-electron chi connectivity index (χ3n) is 6.47. The summed E-state index contributed by atoms with van der Waals surface area (Å²) in [4.78, 5) is 21.2. The van der Waals surface area contributed by atoms with Crippen molar-refractivity contribution in [1.29, 1.82) is 5.26 Å². The van der Waals surface area contributed by atoms with E-state index in [-0.39, 0.29) is 17.7 Å². The number of rotatable bonds is 9. The minimum atomic E-state index is -1.13. The number of nitriles is 1. The van der Waals surface area contributed by atoms with Crippen molar-refractivity contribution in [2.24, 2.45) is 0 Å². The van der Waals surface area contributed by atoms with Gasteiger partial charge in [0.2, 0.25) is 0 Å². The van der Waals surface area contributed by atoms with Gasteiger partial charge in [-0.25, -0.2) is 14.2 Å². The normalized spacial score (nSPS) is 11.5. The van der Waals surface area contributed by atoms with Gasteiger partial charge in [-0.1, -0.05) is 48.5 Å². The Bertz CT molecular complexity index is 1720. The van der Waals surface area contributed by atoms with Gasteiger partial charge >= 0.3 is 5.97 Å². The highest BCUT2D eigenvalue weighted by Gasteiger charge is 2.24. The highest BCUT2D eigenvalue weighted by molar-refractivity contribution is 5.99. The molecular weight excluding hydrogens is 507 g/mol. The van der Waals surface area contributed by atoms with Crippen LogP contribution in [0.1, 0.15) is 18.2 Å². The zero-order chi connectivity index (χ0) is 28.1. The number of para-hydroxylation sites is 1. The van der Waals surface area contributed by atoms with Gasteiger partial charge in [0, 0.05) is 34.8 Å². The number of aromatic nitrogens is 2. The van der Waals surface area contributed by atoms with E-state index < -0.39 is 17.8 Å². The van der Waals surface area contributed by atoms with Gasteiger partial charge < -0.3 is 15.2 Å². The highest BCUT2D eigenvalue weighted by atomic mass is 19.1. The number of anilines is 1. The van der Waals surface area contributed by atoms with Gasteiger partial charge in [-0.05, 0) is 48.9 Å². The van der Waals surface area contributed by atoms with Gasteiger partial charge in [0.25, 0.3) is 0 Å². The van der Waals surface area contributed by atoms with E-state index in [1.807, 2.05) is 55.5 Å². The molecule has 198 valence electrons. The molecule has 1 atom stereocenters. The van der Waals surface area contributed by atoms with E-state index in [9.17, 15) is 19.6 Å². The Balaban J connectivity index is 1.61. The van der Waals surface area contributed by atoms with Gasteiger partial charge in [0.05, 0.1) is 23.5 Å². The van der Waals surface area contributed by atoms with Crippen molar-refractivity contribution in [2.45, 2.75) is 19.4 Å². The number of hydrogen-bond acceptors (Lipinski definition) is 6. The quantitative estimate of drug-likeness (QED) is 0.224. The van der Waals surface area contributed by atoms with E-state index in [2.05, 4.69) is 21.4 Å². The number of ether oxygens (including phenoxy) is 1. The number of halogens is 1. The molecule has 2 N–H and O–H groups in total. The standard InChI is InChI=1S/C32H25FN4O3/c1-2-40-29-9-4-3-8-24(29)20-10-12-21(13-11-20)30-26(19-34)31(25-17-22(33)14-15-27(25)36-30)37-28(32(38)39)18-23-7-5-6-16-35-23/h3-17,28H,2,18H2,1H3,(H,36,37)(H,38,39). The molecule has 7 nitrogen and oxygen atoms in total. The summed E-state index contributed by atoms with van der Waals surface area (Å²) in [6, 6.07) is 25.6. The number of nitrogens with one attached hydrogen (secondary N) is 1. The van der Waals surface area contributed by atoms with Crippen LogP contribution in [0.5, 0.6) is 5.75 Å². The van der Waals surface area contributed by atoms with Gasteiger partial charge in [0.15, 0.2) is 0 Å². The van der Waals surface area contributed by atoms with Crippen LogP contribution in [0.3, 0.4) is 0 Å². The molecule has 0 saturated carbocycles. The molecule has 0 spiro atoms. The number of nitrogens with zero attached hydrogens (tertiary/aromatic N) is 3. The van der Waals surface area contributed by atoms with Crippen molar-refractivity contribution in [2.75, 3.05) is 11.9 Å². The molecule has 0 bridgehead atoms. The molecule has 40 heavy (non-hydrogen) atoms. The molecule has 0 fully saturated rings. The van der Waals surface area contributed by atoms with Crippen LogP contribution in [0.4, 0.5) is 10.1 Å². The lowest BCUT2D eigenvalue weighted by atomic mass is 9.97. The average molecular weight is 533 g/mol. The average Bonchev–Trinajstić information content (AvgIpc) is 2.97. The van der Waals surface area contributed by atoms with Crippen molar-refractivity contribution in [3.05, 3.63) is 108 Å². The molecule has 5 rings (SSSR count). The largest absolute Gasteiger partial charge is 0.493 e. The zero-order valence-electron chi connectivity index (χ0n) is 21.6. The van der Waals surface area contributed by atoms with E-state index in [0.29, 0.717) is 34.5 Å². The fourth-order valence-corrected chi connectivity index (χ4v) is 4.60. The number of benzene rings is 3. The van der Waals surface area contributed by atoms with E-state index in [1.165, 1.54) is 18.2 Å². The number of carboxylic acids is 1. The number of aliphatic carboxylic acids is 1. The first kappa shape index (κ1) is 26.3.